The first-order valence-corrected chi connectivity index (χ1v) is 10.3. The highest BCUT2D eigenvalue weighted by atomic mass is 16.3. The fraction of sp³-hybridized carbons (Fsp3) is 0.609. The Morgan fingerprint density at radius 1 is 0.769 bits per heavy atom. The predicted octanol–water partition coefficient (Wildman–Crippen LogP) is 5.63. The molecule has 148 valence electrons. The van der Waals surface area contributed by atoms with Gasteiger partial charge in [0.05, 0.1) is 6.61 Å². The molecule has 0 saturated carbocycles. The van der Waals surface area contributed by atoms with E-state index in [1.54, 1.807) is 0 Å². The van der Waals surface area contributed by atoms with Crippen molar-refractivity contribution >= 4 is 5.91 Å². The van der Waals surface area contributed by atoms with Crippen LogP contribution in [0.15, 0.2) is 48.6 Å². The maximum atomic E-state index is 11.3. The Hall–Kier alpha value is -1.61. The zero-order valence-corrected chi connectivity index (χ0v) is 16.7. The van der Waals surface area contributed by atoms with Crippen molar-refractivity contribution in [2.24, 2.45) is 0 Å². The summed E-state index contributed by atoms with van der Waals surface area (Å²) >= 11 is 0. The van der Waals surface area contributed by atoms with Crippen LogP contribution >= 0.6 is 0 Å². The number of aliphatic hydroxyl groups excluding tert-OH is 1. The molecular weight excluding hydrogens is 322 g/mol. The highest BCUT2D eigenvalue weighted by Crippen LogP contribution is 2.03. The molecule has 0 spiro atoms. The zero-order valence-electron chi connectivity index (χ0n) is 16.7. The van der Waals surface area contributed by atoms with E-state index in [2.05, 4.69) is 60.8 Å². The number of aliphatic hydroxyl groups is 1. The summed E-state index contributed by atoms with van der Waals surface area (Å²) in [5, 5.41) is 11.3. The van der Waals surface area contributed by atoms with E-state index in [1.165, 1.54) is 32.1 Å². The van der Waals surface area contributed by atoms with Gasteiger partial charge in [-0.25, -0.2) is 0 Å². The number of allylic oxidation sites excluding steroid dienone is 8. The van der Waals surface area contributed by atoms with E-state index in [9.17, 15) is 4.79 Å². The molecule has 0 rings (SSSR count). The highest BCUT2D eigenvalue weighted by Gasteiger charge is 1.97. The Morgan fingerprint density at radius 3 is 1.85 bits per heavy atom. The summed E-state index contributed by atoms with van der Waals surface area (Å²) in [7, 11) is 0. The molecule has 1 amide bonds. The normalized spacial score (nSPS) is 12.2. The number of amides is 1. The Balaban J connectivity index is 3.44. The van der Waals surface area contributed by atoms with Crippen LogP contribution in [0.25, 0.3) is 0 Å². The molecule has 0 aliphatic carbocycles. The Morgan fingerprint density at radius 2 is 1.31 bits per heavy atom. The van der Waals surface area contributed by atoms with Crippen molar-refractivity contribution in [3.63, 3.8) is 0 Å². The molecule has 0 heterocycles. The molecule has 0 atom stereocenters. The molecule has 0 radical (unpaired) electrons. The summed E-state index contributed by atoms with van der Waals surface area (Å²) in [6.07, 6.45) is 29.5. The minimum atomic E-state index is 0.00297. The van der Waals surface area contributed by atoms with E-state index in [-0.39, 0.29) is 12.5 Å². The van der Waals surface area contributed by atoms with E-state index >= 15 is 0 Å². The van der Waals surface area contributed by atoms with E-state index in [1.807, 2.05) is 0 Å². The maximum absolute atomic E-state index is 11.3. The quantitative estimate of drug-likeness (QED) is 0.260. The van der Waals surface area contributed by atoms with Gasteiger partial charge in [-0.15, -0.1) is 0 Å². The molecule has 0 bridgehead atoms. The molecule has 26 heavy (non-hydrogen) atoms. The second kappa shape index (κ2) is 21.4. The molecule has 3 nitrogen and oxygen atoms in total. The predicted molar refractivity (Wildman–Crippen MR) is 113 cm³/mol. The lowest BCUT2D eigenvalue weighted by molar-refractivity contribution is -0.121. The summed E-state index contributed by atoms with van der Waals surface area (Å²) in [6.45, 7) is 2.60. The van der Waals surface area contributed by atoms with E-state index in [0.29, 0.717) is 13.0 Å². The summed E-state index contributed by atoms with van der Waals surface area (Å²) < 4.78 is 0. The Labute approximate surface area is 161 Å². The van der Waals surface area contributed by atoms with Crippen LogP contribution in [0.3, 0.4) is 0 Å². The monoisotopic (exact) mass is 361 g/mol. The van der Waals surface area contributed by atoms with Gasteiger partial charge in [-0.05, 0) is 44.9 Å². The van der Waals surface area contributed by atoms with Gasteiger partial charge in [-0.1, -0.05) is 74.8 Å². The lowest BCUT2D eigenvalue weighted by Crippen LogP contribution is -2.25. The second-order valence-corrected chi connectivity index (χ2v) is 6.41. The molecule has 0 fully saturated rings. The van der Waals surface area contributed by atoms with Crippen LogP contribution in [-0.2, 0) is 4.79 Å². The van der Waals surface area contributed by atoms with Gasteiger partial charge in [0.2, 0.25) is 5.91 Å². The molecule has 3 heteroatoms. The summed E-state index contributed by atoms with van der Waals surface area (Å²) in [4.78, 5) is 11.3. The number of hydrogen-bond donors (Lipinski definition) is 2. The number of carbonyl (C=O) groups is 1. The SMILES string of the molecule is CCCCCC/C=C\C/C=C\C/C=C\C/C=C\CCCC(=O)NCCO. The molecule has 0 aliphatic heterocycles. The van der Waals surface area contributed by atoms with Gasteiger partial charge in [0, 0.05) is 13.0 Å². The first-order chi connectivity index (χ1) is 12.8. The molecule has 0 aromatic heterocycles. The van der Waals surface area contributed by atoms with Gasteiger partial charge in [-0.3, -0.25) is 4.79 Å². The van der Waals surface area contributed by atoms with Crippen LogP contribution in [0.1, 0.15) is 77.6 Å². The number of carbonyl (C=O) groups excluding carboxylic acids is 1. The zero-order chi connectivity index (χ0) is 19.1. The van der Waals surface area contributed by atoms with Crippen molar-refractivity contribution in [2.45, 2.75) is 77.6 Å². The lowest BCUT2D eigenvalue weighted by Gasteiger charge is -2.00. The standard InChI is InChI=1S/C23H39NO2/c1-2-3-4-5-6-7-8-9-10-11-12-13-14-15-16-17-18-19-20-23(26)24-21-22-25/h7-8,10-11,13-14,16-17,25H,2-6,9,12,15,18-22H2,1H3,(H,24,26)/b8-7-,11-10-,14-13-,17-16-. The van der Waals surface area contributed by atoms with Crippen molar-refractivity contribution in [1.82, 2.24) is 5.32 Å². The van der Waals surface area contributed by atoms with Gasteiger partial charge < -0.3 is 10.4 Å². The number of rotatable bonds is 17. The van der Waals surface area contributed by atoms with Gasteiger partial charge in [0.25, 0.3) is 0 Å². The maximum Gasteiger partial charge on any atom is 0.220 e. The van der Waals surface area contributed by atoms with Crippen molar-refractivity contribution in [1.29, 1.82) is 0 Å². The molecule has 0 saturated heterocycles. The highest BCUT2D eigenvalue weighted by molar-refractivity contribution is 5.75. The number of nitrogens with one attached hydrogen (secondary N) is 1. The Kier molecular flexibility index (Phi) is 20.1. The average molecular weight is 362 g/mol. The van der Waals surface area contributed by atoms with Crippen molar-refractivity contribution in [3.8, 4) is 0 Å². The average Bonchev–Trinajstić information content (AvgIpc) is 2.65. The van der Waals surface area contributed by atoms with E-state index in [0.717, 1.165) is 32.1 Å². The first kappa shape index (κ1) is 24.4. The van der Waals surface area contributed by atoms with Crippen LogP contribution in [0.5, 0.6) is 0 Å². The van der Waals surface area contributed by atoms with Crippen molar-refractivity contribution < 1.29 is 9.90 Å². The molecular formula is C23H39NO2. The minimum Gasteiger partial charge on any atom is -0.395 e. The van der Waals surface area contributed by atoms with Crippen LogP contribution in [0.2, 0.25) is 0 Å². The summed E-state index contributed by atoms with van der Waals surface area (Å²) in [5.41, 5.74) is 0. The fourth-order valence-corrected chi connectivity index (χ4v) is 2.40. The second-order valence-electron chi connectivity index (χ2n) is 6.41. The van der Waals surface area contributed by atoms with Gasteiger partial charge in [0.15, 0.2) is 0 Å². The smallest absolute Gasteiger partial charge is 0.220 e. The molecule has 0 aliphatic rings. The Bertz CT molecular complexity index is 422. The van der Waals surface area contributed by atoms with Crippen molar-refractivity contribution in [2.75, 3.05) is 13.2 Å². The van der Waals surface area contributed by atoms with Crippen LogP contribution in [-0.4, -0.2) is 24.2 Å². The van der Waals surface area contributed by atoms with Gasteiger partial charge >= 0.3 is 0 Å². The largest absolute Gasteiger partial charge is 0.395 e. The third-order valence-electron chi connectivity index (χ3n) is 3.92. The number of hydrogen-bond acceptors (Lipinski definition) is 2. The minimum absolute atomic E-state index is 0.00297. The first-order valence-electron chi connectivity index (χ1n) is 10.3. The van der Waals surface area contributed by atoms with Crippen LogP contribution in [0.4, 0.5) is 0 Å². The fourth-order valence-electron chi connectivity index (χ4n) is 2.40. The van der Waals surface area contributed by atoms with Gasteiger partial charge in [-0.2, -0.15) is 0 Å². The third kappa shape index (κ3) is 20.4. The number of unbranched alkanes of at least 4 members (excludes halogenated alkanes) is 5. The van der Waals surface area contributed by atoms with E-state index < -0.39 is 0 Å². The summed E-state index contributed by atoms with van der Waals surface area (Å²) in [5.74, 6) is 0.0190. The molecule has 0 aromatic rings. The molecule has 0 aromatic carbocycles. The molecule has 2 N–H and O–H groups in total. The lowest BCUT2D eigenvalue weighted by atomic mass is 10.1. The van der Waals surface area contributed by atoms with E-state index in [4.69, 9.17) is 5.11 Å². The topological polar surface area (TPSA) is 49.3 Å². The van der Waals surface area contributed by atoms with Crippen LogP contribution in [0, 0.1) is 0 Å². The van der Waals surface area contributed by atoms with Gasteiger partial charge in [0.1, 0.15) is 0 Å². The molecule has 0 unspecified atom stereocenters. The van der Waals surface area contributed by atoms with Crippen LogP contribution < -0.4 is 5.32 Å². The van der Waals surface area contributed by atoms with Crippen molar-refractivity contribution in [3.05, 3.63) is 48.6 Å². The summed E-state index contributed by atoms with van der Waals surface area (Å²) in [6, 6.07) is 0. The third-order valence-corrected chi connectivity index (χ3v) is 3.92.